The van der Waals surface area contributed by atoms with Crippen molar-refractivity contribution in [2.24, 2.45) is 5.92 Å². The molecule has 0 radical (unpaired) electrons. The monoisotopic (exact) mass is 1490 g/mol. The van der Waals surface area contributed by atoms with Crippen LogP contribution in [-0.4, -0.2) is 96.7 Å². The van der Waals surface area contributed by atoms with Crippen LogP contribution in [0.4, 0.5) is 0 Å². The van der Waals surface area contributed by atoms with Crippen LogP contribution in [0.15, 0.2) is 0 Å². The van der Waals surface area contributed by atoms with E-state index in [4.69, 9.17) is 37.0 Å². The molecule has 0 rings (SSSR count). The number of unbranched alkanes of at least 4 members (excludes halogenated alkanes) is 55. The summed E-state index contributed by atoms with van der Waals surface area (Å²) in [7, 11) is -9.91. The zero-order chi connectivity index (χ0) is 74.8. The maximum atomic E-state index is 13.1. The Bertz CT molecular complexity index is 1940. The lowest BCUT2D eigenvalue weighted by Gasteiger charge is -2.21. The average Bonchev–Trinajstić information content (AvgIpc) is 0.960. The number of hydrogen-bond acceptors (Lipinski definition) is 15. The minimum Gasteiger partial charge on any atom is -0.462 e. The largest absolute Gasteiger partial charge is 0.472 e. The molecule has 0 aliphatic rings. The van der Waals surface area contributed by atoms with Gasteiger partial charge in [-0.15, -0.1) is 0 Å². The van der Waals surface area contributed by atoms with Crippen LogP contribution in [0.5, 0.6) is 0 Å². The third kappa shape index (κ3) is 76.3. The van der Waals surface area contributed by atoms with Crippen molar-refractivity contribution in [3.63, 3.8) is 0 Å². The van der Waals surface area contributed by atoms with Crippen molar-refractivity contribution in [2.45, 2.75) is 464 Å². The number of aliphatic hydroxyl groups is 1. The summed E-state index contributed by atoms with van der Waals surface area (Å²) >= 11 is 0. The number of esters is 4. The molecule has 0 aromatic heterocycles. The molecule has 2 unspecified atom stereocenters. The Morgan fingerprint density at radius 1 is 0.265 bits per heavy atom. The van der Waals surface area contributed by atoms with Gasteiger partial charge in [0.15, 0.2) is 12.2 Å². The van der Waals surface area contributed by atoms with Crippen LogP contribution in [0.3, 0.4) is 0 Å². The maximum absolute atomic E-state index is 13.1. The number of phosphoric acid groups is 2. The van der Waals surface area contributed by atoms with Gasteiger partial charge >= 0.3 is 39.5 Å². The maximum Gasteiger partial charge on any atom is 0.472 e. The lowest BCUT2D eigenvalue weighted by Crippen LogP contribution is -2.30. The smallest absolute Gasteiger partial charge is 0.462 e. The molecular weight excluding hydrogens is 1330 g/mol. The third-order valence-electron chi connectivity index (χ3n) is 19.5. The fourth-order valence-corrected chi connectivity index (χ4v) is 14.5. The van der Waals surface area contributed by atoms with Crippen molar-refractivity contribution in [1.82, 2.24) is 0 Å². The Labute approximate surface area is 626 Å². The van der Waals surface area contributed by atoms with E-state index in [0.29, 0.717) is 25.7 Å². The van der Waals surface area contributed by atoms with E-state index < -0.39 is 97.5 Å². The number of hydrogen-bond donors (Lipinski definition) is 3. The molecule has 0 amide bonds. The van der Waals surface area contributed by atoms with Crippen molar-refractivity contribution < 1.29 is 80.2 Å². The van der Waals surface area contributed by atoms with Gasteiger partial charge in [-0.2, -0.15) is 0 Å². The van der Waals surface area contributed by atoms with E-state index in [2.05, 4.69) is 34.6 Å². The first-order chi connectivity index (χ1) is 49.5. The van der Waals surface area contributed by atoms with Gasteiger partial charge in [-0.25, -0.2) is 9.13 Å². The first-order valence-corrected chi connectivity index (χ1v) is 46.1. The summed E-state index contributed by atoms with van der Waals surface area (Å²) in [5, 5.41) is 10.6. The third-order valence-corrected chi connectivity index (χ3v) is 21.4. The molecule has 102 heavy (non-hydrogen) atoms. The number of carbonyl (C=O) groups is 4. The Balaban J connectivity index is 5.10. The van der Waals surface area contributed by atoms with Crippen LogP contribution in [-0.2, 0) is 65.4 Å². The molecule has 0 spiro atoms. The highest BCUT2D eigenvalue weighted by Gasteiger charge is 2.30. The van der Waals surface area contributed by atoms with Crippen LogP contribution >= 0.6 is 15.6 Å². The van der Waals surface area contributed by atoms with Crippen molar-refractivity contribution in [3.8, 4) is 0 Å². The van der Waals surface area contributed by atoms with Gasteiger partial charge in [0.1, 0.15) is 19.3 Å². The van der Waals surface area contributed by atoms with Gasteiger partial charge in [0.05, 0.1) is 26.4 Å². The van der Waals surface area contributed by atoms with Gasteiger partial charge in [0, 0.05) is 25.7 Å². The first-order valence-electron chi connectivity index (χ1n) is 43.1. The van der Waals surface area contributed by atoms with Crippen molar-refractivity contribution >= 4 is 39.5 Å². The molecule has 0 heterocycles. The summed E-state index contributed by atoms with van der Waals surface area (Å²) in [5.41, 5.74) is 0. The molecule has 17 nitrogen and oxygen atoms in total. The average molecular weight is 1490 g/mol. The molecule has 0 aliphatic carbocycles. The standard InChI is InChI=1S/C83H162O17P2/c1-6-9-12-15-17-19-21-23-25-27-29-31-32-34-36-38-40-45-49-53-58-63-69-83(88)100-79(73-94-81(86)67-62-57-52-48-44-39-37-35-33-30-28-26-24-22-20-18-16-13-10-7-2)75-98-102(91,92)96-71-77(84)70-95-101(89,90)97-74-78(72-93-80(85)66-61-55-14-11-8-3)99-82(87)68-64-59-54-50-46-42-41-43-47-51-56-60-65-76(4)5/h76-79,84H,6-75H2,1-5H3,(H,89,90)(H,91,92)/t77-,78+,79+/m0/s1. The highest BCUT2D eigenvalue weighted by molar-refractivity contribution is 7.47. The molecule has 19 heteroatoms. The molecule has 0 aliphatic heterocycles. The summed E-state index contributed by atoms with van der Waals surface area (Å²) in [6.45, 7) is 7.25. The number of ether oxygens (including phenoxy) is 4. The van der Waals surface area contributed by atoms with Crippen LogP contribution < -0.4 is 0 Å². The molecule has 0 saturated carbocycles. The quantitative estimate of drug-likeness (QED) is 0.0222. The molecule has 0 aromatic rings. The van der Waals surface area contributed by atoms with Gasteiger partial charge in [-0.05, 0) is 31.6 Å². The number of aliphatic hydroxyl groups excluding tert-OH is 1. The van der Waals surface area contributed by atoms with Crippen LogP contribution in [0.25, 0.3) is 0 Å². The van der Waals surface area contributed by atoms with E-state index in [1.165, 1.54) is 263 Å². The van der Waals surface area contributed by atoms with Gasteiger partial charge in [0.25, 0.3) is 0 Å². The molecule has 5 atom stereocenters. The summed E-state index contributed by atoms with van der Waals surface area (Å²) in [4.78, 5) is 72.8. The van der Waals surface area contributed by atoms with Crippen molar-refractivity contribution in [2.75, 3.05) is 39.6 Å². The second-order valence-corrected chi connectivity index (χ2v) is 33.3. The summed E-state index contributed by atoms with van der Waals surface area (Å²) in [5.74, 6) is -1.34. The van der Waals surface area contributed by atoms with E-state index in [0.717, 1.165) is 102 Å². The Morgan fingerprint density at radius 3 is 0.667 bits per heavy atom. The topological polar surface area (TPSA) is 237 Å². The van der Waals surface area contributed by atoms with E-state index in [1.807, 2.05) is 0 Å². The highest BCUT2D eigenvalue weighted by atomic mass is 31.2. The molecule has 0 aromatic carbocycles. The molecule has 3 N–H and O–H groups in total. The van der Waals surface area contributed by atoms with E-state index in [9.17, 15) is 43.2 Å². The second kappa shape index (κ2) is 75.9. The zero-order valence-electron chi connectivity index (χ0n) is 66.8. The first kappa shape index (κ1) is 100. The number of carbonyl (C=O) groups excluding carboxylic acids is 4. The predicted octanol–water partition coefficient (Wildman–Crippen LogP) is 25.2. The summed E-state index contributed by atoms with van der Waals surface area (Å²) in [6.07, 6.45) is 68.7. The van der Waals surface area contributed by atoms with Crippen LogP contribution in [0.1, 0.15) is 446 Å². The summed E-state index contributed by atoms with van der Waals surface area (Å²) in [6, 6.07) is 0. The molecule has 0 bridgehead atoms. The Hall–Kier alpha value is -1.94. The minimum atomic E-state index is -4.96. The second-order valence-electron chi connectivity index (χ2n) is 30.3. The van der Waals surface area contributed by atoms with E-state index >= 15 is 0 Å². The molecule has 606 valence electrons. The van der Waals surface area contributed by atoms with Gasteiger partial charge in [0.2, 0.25) is 0 Å². The molecular formula is C83H162O17P2. The highest BCUT2D eigenvalue weighted by Crippen LogP contribution is 2.45. The van der Waals surface area contributed by atoms with Gasteiger partial charge in [-0.3, -0.25) is 37.3 Å². The van der Waals surface area contributed by atoms with Gasteiger partial charge in [-0.1, -0.05) is 394 Å². The fraction of sp³-hybridized carbons (Fsp3) is 0.952. The zero-order valence-corrected chi connectivity index (χ0v) is 68.5. The fourth-order valence-electron chi connectivity index (χ4n) is 12.9. The number of rotatable bonds is 83. The Kier molecular flexibility index (Phi) is 74.4. The van der Waals surface area contributed by atoms with E-state index in [1.54, 1.807) is 0 Å². The van der Waals surface area contributed by atoms with Crippen molar-refractivity contribution in [1.29, 1.82) is 0 Å². The predicted molar refractivity (Wildman–Crippen MR) is 418 cm³/mol. The van der Waals surface area contributed by atoms with E-state index in [-0.39, 0.29) is 25.7 Å². The lowest BCUT2D eigenvalue weighted by molar-refractivity contribution is -0.161. The minimum absolute atomic E-state index is 0.106. The lowest BCUT2D eigenvalue weighted by atomic mass is 10.0. The number of phosphoric ester groups is 2. The van der Waals surface area contributed by atoms with Crippen LogP contribution in [0, 0.1) is 5.92 Å². The SMILES string of the molecule is CCCCCCCCCCCCCCCCCCCCCCCCC(=O)O[C@H](COC(=O)CCCCCCCCCCCCCCCCCCCCCC)COP(=O)(O)OC[C@@H](O)COP(=O)(O)OC[C@@H](COC(=O)CCCCCCC)OC(=O)CCCCCCCCCCCCCCC(C)C. The summed E-state index contributed by atoms with van der Waals surface area (Å²) < 4.78 is 68.5. The van der Waals surface area contributed by atoms with Crippen molar-refractivity contribution in [3.05, 3.63) is 0 Å². The van der Waals surface area contributed by atoms with Gasteiger partial charge < -0.3 is 33.8 Å². The van der Waals surface area contributed by atoms with Crippen LogP contribution in [0.2, 0.25) is 0 Å². The normalized spacial score (nSPS) is 13.8. The Morgan fingerprint density at radius 2 is 0.451 bits per heavy atom. The molecule has 0 fully saturated rings. The molecule has 0 saturated heterocycles.